The van der Waals surface area contributed by atoms with Crippen LogP contribution in [0.5, 0.6) is 5.75 Å². The van der Waals surface area contributed by atoms with Crippen LogP contribution in [0.25, 0.3) is 22.3 Å². The number of rotatable bonds is 6. The van der Waals surface area contributed by atoms with Gasteiger partial charge in [-0.1, -0.05) is 20.8 Å². The van der Waals surface area contributed by atoms with Gasteiger partial charge in [0.05, 0.1) is 11.3 Å². The van der Waals surface area contributed by atoms with E-state index in [-0.39, 0.29) is 10.6 Å². The van der Waals surface area contributed by atoms with Crippen molar-refractivity contribution in [3.8, 4) is 17.0 Å². The standard InChI is InChI=1S/C23H30F3N3O2Si/c1-15-12-17(23(24,25)26)13-19(30)20(15)18-9-8-16-14-29(28-21(16)27-18)10-7-11-31-32(5,6)22(2,3)4/h8-9,12-14,30H,7,10-11H2,1-6H3. The molecule has 0 amide bonds. The molecule has 1 aromatic carbocycles. The minimum atomic E-state index is -4.52. The van der Waals surface area contributed by atoms with E-state index in [1.807, 2.05) is 12.3 Å². The molecular weight excluding hydrogens is 435 g/mol. The molecule has 32 heavy (non-hydrogen) atoms. The molecule has 0 unspecified atom stereocenters. The molecule has 2 heterocycles. The molecule has 174 valence electrons. The molecule has 5 nitrogen and oxygen atoms in total. The molecule has 2 aromatic heterocycles. The summed E-state index contributed by atoms with van der Waals surface area (Å²) in [5, 5.41) is 15.7. The fourth-order valence-electron chi connectivity index (χ4n) is 3.24. The molecule has 3 rings (SSSR count). The van der Waals surface area contributed by atoms with Gasteiger partial charge in [-0.2, -0.15) is 18.3 Å². The van der Waals surface area contributed by atoms with Gasteiger partial charge in [-0.25, -0.2) is 4.98 Å². The molecule has 0 bridgehead atoms. The molecule has 0 saturated heterocycles. The summed E-state index contributed by atoms with van der Waals surface area (Å²) in [5.74, 6) is -0.452. The Labute approximate surface area is 187 Å². The third-order valence-corrected chi connectivity index (χ3v) is 10.7. The van der Waals surface area contributed by atoms with Crippen molar-refractivity contribution in [3.63, 3.8) is 0 Å². The van der Waals surface area contributed by atoms with E-state index in [4.69, 9.17) is 4.43 Å². The smallest absolute Gasteiger partial charge is 0.416 e. The Morgan fingerprint density at radius 2 is 1.81 bits per heavy atom. The SMILES string of the molecule is Cc1cc(C(F)(F)F)cc(O)c1-c1ccc2cn(CCCO[Si](C)(C)C(C)(C)C)nc2n1. The Balaban J connectivity index is 1.76. The molecule has 9 heteroatoms. The van der Waals surface area contributed by atoms with E-state index in [0.29, 0.717) is 30.1 Å². The summed E-state index contributed by atoms with van der Waals surface area (Å²) in [6, 6.07) is 5.24. The monoisotopic (exact) mass is 465 g/mol. The summed E-state index contributed by atoms with van der Waals surface area (Å²) >= 11 is 0. The number of fused-ring (bicyclic) bond motifs is 1. The molecule has 1 N–H and O–H groups in total. The van der Waals surface area contributed by atoms with Crippen LogP contribution in [-0.4, -0.2) is 34.8 Å². The van der Waals surface area contributed by atoms with Crippen molar-refractivity contribution in [3.05, 3.63) is 41.6 Å². The second-order valence-corrected chi connectivity index (χ2v) is 14.5. The number of alkyl halides is 3. The third kappa shape index (κ3) is 5.15. The van der Waals surface area contributed by atoms with E-state index in [1.54, 1.807) is 10.7 Å². The maximum atomic E-state index is 13.0. The molecule has 0 saturated carbocycles. The van der Waals surface area contributed by atoms with E-state index >= 15 is 0 Å². The lowest BCUT2D eigenvalue weighted by molar-refractivity contribution is -0.137. The quantitative estimate of drug-likeness (QED) is 0.332. The average molecular weight is 466 g/mol. The first kappa shape index (κ1) is 24.3. The van der Waals surface area contributed by atoms with Gasteiger partial charge < -0.3 is 9.53 Å². The van der Waals surface area contributed by atoms with Crippen LogP contribution < -0.4 is 0 Å². The van der Waals surface area contributed by atoms with Crippen LogP contribution in [0.1, 0.15) is 38.3 Å². The zero-order chi connectivity index (χ0) is 23.9. The molecule has 0 aliphatic heterocycles. The minimum Gasteiger partial charge on any atom is -0.507 e. The summed E-state index contributed by atoms with van der Waals surface area (Å²) in [6.45, 7) is 13.9. The fraction of sp³-hybridized carbons (Fsp3) is 0.478. The van der Waals surface area contributed by atoms with Gasteiger partial charge in [-0.15, -0.1) is 0 Å². The number of nitrogens with zero attached hydrogens (tertiary/aromatic N) is 3. The maximum absolute atomic E-state index is 13.0. The number of phenolic OH excluding ortho intramolecular Hbond substituents is 1. The lowest BCUT2D eigenvalue weighted by Crippen LogP contribution is -2.41. The summed E-state index contributed by atoms with van der Waals surface area (Å²) < 4.78 is 47.0. The number of aromatic hydroxyl groups is 1. The fourth-order valence-corrected chi connectivity index (χ4v) is 4.33. The van der Waals surface area contributed by atoms with Crippen molar-refractivity contribution in [1.82, 2.24) is 14.8 Å². The van der Waals surface area contributed by atoms with Gasteiger partial charge in [-0.3, -0.25) is 4.68 Å². The molecule has 0 aliphatic rings. The van der Waals surface area contributed by atoms with Crippen molar-refractivity contribution in [2.75, 3.05) is 6.61 Å². The number of pyridine rings is 1. The summed E-state index contributed by atoms with van der Waals surface area (Å²) in [5.41, 5.74) is 0.546. The van der Waals surface area contributed by atoms with Crippen molar-refractivity contribution in [2.45, 2.75) is 65.0 Å². The van der Waals surface area contributed by atoms with Gasteiger partial charge in [0, 0.05) is 30.3 Å². The summed E-state index contributed by atoms with van der Waals surface area (Å²) in [4.78, 5) is 4.48. The van der Waals surface area contributed by atoms with Crippen molar-refractivity contribution < 1.29 is 22.7 Å². The van der Waals surface area contributed by atoms with E-state index in [0.717, 1.165) is 23.9 Å². The number of hydrogen-bond acceptors (Lipinski definition) is 4. The Morgan fingerprint density at radius 3 is 2.41 bits per heavy atom. The Bertz CT molecular complexity index is 1090. The second-order valence-electron chi connectivity index (χ2n) is 9.65. The topological polar surface area (TPSA) is 60.2 Å². The number of aryl methyl sites for hydroxylation is 2. The number of aromatic nitrogens is 3. The highest BCUT2D eigenvalue weighted by atomic mass is 28.4. The molecular formula is C23H30F3N3O2Si. The molecule has 0 atom stereocenters. The number of halogens is 3. The molecule has 3 aromatic rings. The van der Waals surface area contributed by atoms with Gasteiger partial charge in [0.1, 0.15) is 5.75 Å². The lowest BCUT2D eigenvalue weighted by Gasteiger charge is -2.36. The van der Waals surface area contributed by atoms with Crippen LogP contribution in [0.4, 0.5) is 13.2 Å². The zero-order valence-corrected chi connectivity index (χ0v) is 20.3. The van der Waals surface area contributed by atoms with Gasteiger partial charge in [0.25, 0.3) is 0 Å². The highest BCUT2D eigenvalue weighted by molar-refractivity contribution is 6.74. The van der Waals surface area contributed by atoms with E-state index in [9.17, 15) is 18.3 Å². The molecule has 0 spiro atoms. The zero-order valence-electron chi connectivity index (χ0n) is 19.3. The van der Waals surface area contributed by atoms with Crippen LogP contribution in [0, 0.1) is 6.92 Å². The van der Waals surface area contributed by atoms with E-state index in [2.05, 4.69) is 43.9 Å². The molecule has 0 aliphatic carbocycles. The van der Waals surface area contributed by atoms with Crippen LogP contribution in [-0.2, 0) is 17.1 Å². The molecule has 0 fully saturated rings. The summed E-state index contributed by atoms with van der Waals surface area (Å²) in [7, 11) is -1.78. The van der Waals surface area contributed by atoms with Gasteiger partial charge in [-0.05, 0) is 61.3 Å². The lowest BCUT2D eigenvalue weighted by atomic mass is 10.00. The largest absolute Gasteiger partial charge is 0.507 e. The van der Waals surface area contributed by atoms with E-state index < -0.39 is 25.8 Å². The van der Waals surface area contributed by atoms with Crippen molar-refractivity contribution in [1.29, 1.82) is 0 Å². The van der Waals surface area contributed by atoms with E-state index in [1.165, 1.54) is 6.92 Å². The van der Waals surface area contributed by atoms with Gasteiger partial charge >= 0.3 is 6.18 Å². The average Bonchev–Trinajstić information content (AvgIpc) is 3.05. The Morgan fingerprint density at radius 1 is 1.12 bits per heavy atom. The van der Waals surface area contributed by atoms with Crippen LogP contribution >= 0.6 is 0 Å². The number of hydrogen-bond donors (Lipinski definition) is 1. The maximum Gasteiger partial charge on any atom is 0.416 e. The van der Waals surface area contributed by atoms with Crippen molar-refractivity contribution in [2.24, 2.45) is 0 Å². The summed E-state index contributed by atoms with van der Waals surface area (Å²) in [6.07, 6.45) is -1.82. The first-order valence-electron chi connectivity index (χ1n) is 10.6. The minimum absolute atomic E-state index is 0.162. The highest BCUT2D eigenvalue weighted by Gasteiger charge is 2.36. The van der Waals surface area contributed by atoms with Crippen molar-refractivity contribution >= 4 is 19.4 Å². The predicted octanol–water partition coefficient (Wildman–Crippen LogP) is 6.54. The highest BCUT2D eigenvalue weighted by Crippen LogP contribution is 2.39. The molecule has 0 radical (unpaired) electrons. The first-order valence-corrected chi connectivity index (χ1v) is 13.5. The Hall–Kier alpha value is -2.39. The number of phenols is 1. The predicted molar refractivity (Wildman–Crippen MR) is 122 cm³/mol. The van der Waals surface area contributed by atoms with Gasteiger partial charge in [0.15, 0.2) is 14.0 Å². The third-order valence-electron chi connectivity index (χ3n) is 6.12. The van der Waals surface area contributed by atoms with Crippen LogP contribution in [0.2, 0.25) is 18.1 Å². The first-order chi connectivity index (χ1) is 14.7. The van der Waals surface area contributed by atoms with Crippen LogP contribution in [0.3, 0.4) is 0 Å². The van der Waals surface area contributed by atoms with Crippen LogP contribution in [0.15, 0.2) is 30.5 Å². The second kappa shape index (κ2) is 8.51. The van der Waals surface area contributed by atoms with Gasteiger partial charge in [0.2, 0.25) is 0 Å². The normalized spacial score (nSPS) is 13.2. The Kier molecular flexibility index (Phi) is 6.45. The number of benzene rings is 1.